The molecule has 0 radical (unpaired) electrons. The molecule has 0 aliphatic rings. The average molecular weight is 492 g/mol. The minimum atomic E-state index is -1.51. The molecule has 1 amide bonds. The third kappa shape index (κ3) is 5.54. The molecule has 0 bridgehead atoms. The van der Waals surface area contributed by atoms with Gasteiger partial charge in [-0.15, -0.1) is 11.3 Å². The number of aliphatic carboxylic acids is 1. The molecular formula is C23H19F3N2O5S. The summed E-state index contributed by atoms with van der Waals surface area (Å²) in [5, 5.41) is 12.9. The van der Waals surface area contributed by atoms with Gasteiger partial charge in [-0.25, -0.2) is 22.9 Å². The Labute approximate surface area is 196 Å². The molecule has 0 spiro atoms. The van der Waals surface area contributed by atoms with E-state index in [2.05, 4.69) is 15.0 Å². The van der Waals surface area contributed by atoms with Crippen LogP contribution < -0.4 is 10.1 Å². The van der Waals surface area contributed by atoms with E-state index in [1.54, 1.807) is 6.07 Å². The van der Waals surface area contributed by atoms with Gasteiger partial charge in [-0.3, -0.25) is 10.1 Å². The maximum atomic E-state index is 14.7. The molecule has 3 aromatic rings. The number of thiazole rings is 1. The van der Waals surface area contributed by atoms with Crippen LogP contribution in [-0.4, -0.2) is 35.7 Å². The molecule has 0 saturated carbocycles. The van der Waals surface area contributed by atoms with Crippen LogP contribution in [0.3, 0.4) is 0 Å². The van der Waals surface area contributed by atoms with Gasteiger partial charge in [0.2, 0.25) is 5.76 Å². The van der Waals surface area contributed by atoms with Gasteiger partial charge in [-0.05, 0) is 30.7 Å². The molecule has 0 fully saturated rings. The fraction of sp³-hybridized carbons (Fsp3) is 0.174. The van der Waals surface area contributed by atoms with Gasteiger partial charge in [-0.2, -0.15) is 0 Å². The number of carboxylic acids is 1. The molecule has 7 nitrogen and oxygen atoms in total. The van der Waals surface area contributed by atoms with E-state index < -0.39 is 40.7 Å². The molecule has 2 aromatic carbocycles. The molecule has 1 heterocycles. The number of rotatable bonds is 9. The smallest absolute Gasteiger partial charge is 0.371 e. The third-order valence-electron chi connectivity index (χ3n) is 4.47. The maximum Gasteiger partial charge on any atom is 0.371 e. The minimum Gasteiger partial charge on any atom is -0.491 e. The lowest BCUT2D eigenvalue weighted by Gasteiger charge is -2.08. The fourth-order valence-electron chi connectivity index (χ4n) is 2.85. The molecule has 0 aliphatic carbocycles. The monoisotopic (exact) mass is 492 g/mol. The second-order valence-electron chi connectivity index (χ2n) is 6.83. The summed E-state index contributed by atoms with van der Waals surface area (Å²) < 4.78 is 53.4. The molecule has 0 saturated heterocycles. The van der Waals surface area contributed by atoms with Crippen LogP contribution in [0, 0.1) is 17.5 Å². The first-order valence-corrected chi connectivity index (χ1v) is 10.8. The number of ether oxygens (including phenoxy) is 2. The molecule has 34 heavy (non-hydrogen) atoms. The molecule has 2 N–H and O–H groups in total. The third-order valence-corrected chi connectivity index (χ3v) is 5.23. The number of carbonyl (C=O) groups is 2. The van der Waals surface area contributed by atoms with Crippen molar-refractivity contribution in [2.75, 3.05) is 19.0 Å². The Bertz CT molecular complexity index is 1240. The van der Waals surface area contributed by atoms with Gasteiger partial charge in [0.1, 0.15) is 11.6 Å². The fourth-order valence-corrected chi connectivity index (χ4v) is 3.55. The van der Waals surface area contributed by atoms with Crippen LogP contribution in [0.5, 0.6) is 5.75 Å². The van der Waals surface area contributed by atoms with E-state index in [0.717, 1.165) is 30.6 Å². The summed E-state index contributed by atoms with van der Waals surface area (Å²) in [5.74, 6) is -5.89. The number of nitrogens with one attached hydrogen (secondary N) is 1. The molecular weight excluding hydrogens is 473 g/mol. The largest absolute Gasteiger partial charge is 0.491 e. The number of benzene rings is 2. The lowest BCUT2D eigenvalue weighted by molar-refractivity contribution is -0.135. The van der Waals surface area contributed by atoms with Crippen molar-refractivity contribution in [3.8, 4) is 17.0 Å². The zero-order valence-electron chi connectivity index (χ0n) is 18.0. The standard InChI is InChI=1S/C23H19F3N2O5S/c1-3-7-33-18-6-4-5-13(20(18)26)17-11-34-23(27-17)28-21(29)12-8-15(24)14(16(25)9-12)10-19(32-2)22(30)31/h4-6,8-11H,3,7H2,1-2H3,(H,30,31)(H,27,28,29). The van der Waals surface area contributed by atoms with Crippen molar-refractivity contribution in [2.45, 2.75) is 13.3 Å². The molecule has 0 aliphatic heterocycles. The summed E-state index contributed by atoms with van der Waals surface area (Å²) in [7, 11) is 1.04. The van der Waals surface area contributed by atoms with Crippen LogP contribution in [0.1, 0.15) is 29.3 Å². The lowest BCUT2D eigenvalue weighted by atomic mass is 10.1. The van der Waals surface area contributed by atoms with Gasteiger partial charge in [-0.1, -0.05) is 13.0 Å². The minimum absolute atomic E-state index is 0.0802. The van der Waals surface area contributed by atoms with Crippen molar-refractivity contribution in [2.24, 2.45) is 0 Å². The quantitative estimate of drug-likeness (QED) is 0.309. The SMILES string of the molecule is CCCOc1cccc(-c2csc(NC(=O)c3cc(F)c(C=C(OC)C(=O)O)c(F)c3)n2)c1F. The number of carbonyl (C=O) groups excluding carboxylic acids is 1. The van der Waals surface area contributed by atoms with Crippen LogP contribution in [0.15, 0.2) is 41.5 Å². The number of nitrogens with zero attached hydrogens (tertiary/aromatic N) is 1. The summed E-state index contributed by atoms with van der Waals surface area (Å²) in [6.07, 6.45) is 1.39. The van der Waals surface area contributed by atoms with Crippen molar-refractivity contribution >= 4 is 34.4 Å². The van der Waals surface area contributed by atoms with Crippen molar-refractivity contribution in [1.82, 2.24) is 4.98 Å². The van der Waals surface area contributed by atoms with E-state index in [1.165, 1.54) is 17.5 Å². The van der Waals surface area contributed by atoms with Gasteiger partial charge >= 0.3 is 5.97 Å². The normalized spacial score (nSPS) is 11.3. The van der Waals surface area contributed by atoms with Crippen molar-refractivity contribution < 1.29 is 37.3 Å². The molecule has 178 valence electrons. The Hall–Kier alpha value is -3.86. The van der Waals surface area contributed by atoms with Crippen LogP contribution in [-0.2, 0) is 9.53 Å². The van der Waals surface area contributed by atoms with Gasteiger partial charge < -0.3 is 14.6 Å². The van der Waals surface area contributed by atoms with Crippen LogP contribution in [0.2, 0.25) is 0 Å². The Morgan fingerprint density at radius 1 is 1.21 bits per heavy atom. The highest BCUT2D eigenvalue weighted by Gasteiger charge is 2.19. The zero-order chi connectivity index (χ0) is 24.8. The van der Waals surface area contributed by atoms with Crippen molar-refractivity contribution in [3.63, 3.8) is 0 Å². The average Bonchev–Trinajstić information content (AvgIpc) is 3.25. The number of methoxy groups -OCH3 is 1. The predicted molar refractivity (Wildman–Crippen MR) is 120 cm³/mol. The summed E-state index contributed by atoms with van der Waals surface area (Å²) in [6.45, 7) is 2.25. The second kappa shape index (κ2) is 10.8. The van der Waals surface area contributed by atoms with E-state index in [1.807, 2.05) is 6.92 Å². The lowest BCUT2D eigenvalue weighted by Crippen LogP contribution is -2.13. The first kappa shape index (κ1) is 24.8. The molecule has 0 unspecified atom stereocenters. The van der Waals surface area contributed by atoms with Crippen LogP contribution >= 0.6 is 11.3 Å². The molecule has 3 rings (SSSR count). The summed E-state index contributed by atoms with van der Waals surface area (Å²) in [4.78, 5) is 27.7. The van der Waals surface area contributed by atoms with Gasteiger partial charge in [0.05, 0.1) is 19.4 Å². The first-order chi connectivity index (χ1) is 16.2. The van der Waals surface area contributed by atoms with E-state index in [0.29, 0.717) is 19.1 Å². The molecule has 1 aromatic heterocycles. The van der Waals surface area contributed by atoms with E-state index in [-0.39, 0.29) is 27.7 Å². The topological polar surface area (TPSA) is 97.8 Å². The van der Waals surface area contributed by atoms with E-state index >= 15 is 0 Å². The summed E-state index contributed by atoms with van der Waals surface area (Å²) in [5.41, 5.74) is -0.614. The number of amides is 1. The number of carboxylic acid groups (broad SMARTS) is 1. The van der Waals surface area contributed by atoms with E-state index in [9.17, 15) is 22.8 Å². The Kier molecular flexibility index (Phi) is 7.90. The molecule has 0 atom stereocenters. The number of halogens is 3. The van der Waals surface area contributed by atoms with Crippen LogP contribution in [0.25, 0.3) is 17.3 Å². The summed E-state index contributed by atoms with van der Waals surface area (Å²) >= 11 is 0.997. The number of anilines is 1. The van der Waals surface area contributed by atoms with E-state index in [4.69, 9.17) is 9.84 Å². The predicted octanol–water partition coefficient (Wildman–Crippen LogP) is 5.34. The second-order valence-corrected chi connectivity index (χ2v) is 7.69. The van der Waals surface area contributed by atoms with Crippen molar-refractivity contribution in [3.05, 3.63) is 70.0 Å². The number of hydrogen-bond acceptors (Lipinski definition) is 6. The van der Waals surface area contributed by atoms with Crippen LogP contribution in [0.4, 0.5) is 18.3 Å². The van der Waals surface area contributed by atoms with Gasteiger partial charge in [0.25, 0.3) is 5.91 Å². The Morgan fingerprint density at radius 2 is 1.91 bits per heavy atom. The van der Waals surface area contributed by atoms with Gasteiger partial charge in [0.15, 0.2) is 16.7 Å². The maximum absolute atomic E-state index is 14.7. The summed E-state index contributed by atoms with van der Waals surface area (Å²) in [6, 6.07) is 6.13. The van der Waals surface area contributed by atoms with Gasteiger partial charge in [0, 0.05) is 28.1 Å². The number of aromatic nitrogens is 1. The van der Waals surface area contributed by atoms with Crippen molar-refractivity contribution in [1.29, 1.82) is 0 Å². The molecule has 11 heteroatoms. The number of hydrogen-bond donors (Lipinski definition) is 2. The highest BCUT2D eigenvalue weighted by Crippen LogP contribution is 2.31. The Balaban J connectivity index is 1.81. The highest BCUT2D eigenvalue weighted by atomic mass is 32.1. The highest BCUT2D eigenvalue weighted by molar-refractivity contribution is 7.14. The Morgan fingerprint density at radius 3 is 2.53 bits per heavy atom. The zero-order valence-corrected chi connectivity index (χ0v) is 18.8. The first-order valence-electron chi connectivity index (χ1n) is 9.91.